The van der Waals surface area contributed by atoms with Crippen molar-refractivity contribution < 1.29 is 26.3 Å². The van der Waals surface area contributed by atoms with Gasteiger partial charge in [-0.15, -0.1) is 0 Å². The van der Waals surface area contributed by atoms with E-state index >= 15 is 0 Å². The summed E-state index contributed by atoms with van der Waals surface area (Å²) in [7, 11) is -3.10. The maximum atomic E-state index is 13.6. The highest BCUT2D eigenvalue weighted by molar-refractivity contribution is 7.89. The van der Waals surface area contributed by atoms with Crippen LogP contribution in [0.4, 0.5) is 13.2 Å². The summed E-state index contributed by atoms with van der Waals surface area (Å²) < 4.78 is 69.9. The van der Waals surface area contributed by atoms with Gasteiger partial charge in [-0.2, -0.15) is 4.31 Å². The van der Waals surface area contributed by atoms with E-state index in [2.05, 4.69) is 0 Å². The summed E-state index contributed by atoms with van der Waals surface area (Å²) in [5.74, 6) is -4.16. The average Bonchev–Trinajstić information content (AvgIpc) is 2.32. The number of sulfonamides is 1. The summed E-state index contributed by atoms with van der Waals surface area (Å²) in [6.45, 7) is -0.259. The third-order valence-corrected chi connectivity index (χ3v) is 4.44. The van der Waals surface area contributed by atoms with E-state index in [1.807, 2.05) is 0 Å². The van der Waals surface area contributed by atoms with Crippen LogP contribution in [0.25, 0.3) is 0 Å². The Labute approximate surface area is 115 Å². The molecule has 0 spiro atoms. The van der Waals surface area contributed by atoms with E-state index in [4.69, 9.17) is 10.5 Å². The Morgan fingerprint density at radius 3 is 2.20 bits per heavy atom. The first-order valence-corrected chi connectivity index (χ1v) is 7.12. The topological polar surface area (TPSA) is 72.6 Å². The van der Waals surface area contributed by atoms with Crippen LogP contribution in [-0.2, 0) is 14.8 Å². The molecule has 0 aromatic heterocycles. The van der Waals surface area contributed by atoms with Gasteiger partial charge in [0.1, 0.15) is 17.5 Å². The first-order valence-electron chi connectivity index (χ1n) is 5.68. The summed E-state index contributed by atoms with van der Waals surface area (Å²) >= 11 is 0. The molecule has 1 aromatic carbocycles. The van der Waals surface area contributed by atoms with E-state index < -0.39 is 32.4 Å². The monoisotopic (exact) mass is 312 g/mol. The maximum Gasteiger partial charge on any atom is 0.249 e. The van der Waals surface area contributed by atoms with Crippen molar-refractivity contribution in [2.75, 3.05) is 33.4 Å². The molecule has 0 saturated heterocycles. The molecule has 9 heteroatoms. The van der Waals surface area contributed by atoms with Crippen LogP contribution >= 0.6 is 0 Å². The Kier molecular flexibility index (Phi) is 5.93. The summed E-state index contributed by atoms with van der Waals surface area (Å²) in [5, 5.41) is 0. The van der Waals surface area contributed by atoms with Crippen LogP contribution in [0.5, 0.6) is 0 Å². The number of hydrogen-bond donors (Lipinski definition) is 1. The lowest BCUT2D eigenvalue weighted by Gasteiger charge is -2.21. The summed E-state index contributed by atoms with van der Waals surface area (Å²) in [5.41, 5.74) is 5.28. The fourth-order valence-electron chi connectivity index (χ4n) is 1.59. The SMILES string of the molecule is COCCN(CCN)S(=O)(=O)c1c(F)cc(F)cc1F. The second kappa shape index (κ2) is 7.02. The fourth-order valence-corrected chi connectivity index (χ4v) is 3.12. The Hall–Kier alpha value is -1.16. The molecule has 2 N–H and O–H groups in total. The van der Waals surface area contributed by atoms with E-state index in [1.54, 1.807) is 0 Å². The lowest BCUT2D eigenvalue weighted by Crippen LogP contribution is -2.38. The lowest BCUT2D eigenvalue weighted by atomic mass is 10.3. The molecule has 0 amide bonds. The number of methoxy groups -OCH3 is 1. The van der Waals surface area contributed by atoms with Gasteiger partial charge in [-0.1, -0.05) is 0 Å². The van der Waals surface area contributed by atoms with Crippen LogP contribution in [0.1, 0.15) is 0 Å². The summed E-state index contributed by atoms with van der Waals surface area (Å²) in [4.78, 5) is -1.19. The van der Waals surface area contributed by atoms with Gasteiger partial charge in [0.25, 0.3) is 0 Å². The molecule has 0 bridgehead atoms. The van der Waals surface area contributed by atoms with Gasteiger partial charge in [-0.3, -0.25) is 0 Å². The zero-order valence-electron chi connectivity index (χ0n) is 10.8. The second-order valence-electron chi connectivity index (χ2n) is 3.88. The second-order valence-corrected chi connectivity index (χ2v) is 5.76. The predicted octanol–water partition coefficient (Wildman–Crippen LogP) is 0.700. The van der Waals surface area contributed by atoms with Crippen LogP contribution in [0.15, 0.2) is 17.0 Å². The lowest BCUT2D eigenvalue weighted by molar-refractivity contribution is 0.179. The molecule has 114 valence electrons. The van der Waals surface area contributed by atoms with Crippen molar-refractivity contribution in [3.8, 4) is 0 Å². The van der Waals surface area contributed by atoms with Crippen molar-refractivity contribution in [3.05, 3.63) is 29.6 Å². The molecule has 5 nitrogen and oxygen atoms in total. The Morgan fingerprint density at radius 2 is 1.75 bits per heavy atom. The van der Waals surface area contributed by atoms with Gasteiger partial charge in [-0.05, 0) is 0 Å². The number of rotatable bonds is 7. The predicted molar refractivity (Wildman–Crippen MR) is 66.0 cm³/mol. The summed E-state index contributed by atoms with van der Waals surface area (Å²) in [6, 6.07) is 0.625. The first-order chi connectivity index (χ1) is 9.34. The van der Waals surface area contributed by atoms with Crippen LogP contribution in [0.2, 0.25) is 0 Å². The zero-order valence-corrected chi connectivity index (χ0v) is 11.6. The number of halogens is 3. The van der Waals surface area contributed by atoms with Crippen LogP contribution < -0.4 is 5.73 Å². The molecular weight excluding hydrogens is 297 g/mol. The molecule has 20 heavy (non-hydrogen) atoms. The van der Waals surface area contributed by atoms with Crippen molar-refractivity contribution >= 4 is 10.0 Å². The fraction of sp³-hybridized carbons (Fsp3) is 0.455. The van der Waals surface area contributed by atoms with Gasteiger partial charge < -0.3 is 10.5 Å². The van der Waals surface area contributed by atoms with Crippen LogP contribution in [0.3, 0.4) is 0 Å². The van der Waals surface area contributed by atoms with Crippen molar-refractivity contribution in [1.29, 1.82) is 0 Å². The molecule has 0 aliphatic rings. The number of nitrogens with zero attached hydrogens (tertiary/aromatic N) is 1. The number of benzene rings is 1. The van der Waals surface area contributed by atoms with E-state index in [0.29, 0.717) is 12.1 Å². The molecule has 1 aromatic rings. The van der Waals surface area contributed by atoms with E-state index in [9.17, 15) is 21.6 Å². The quantitative estimate of drug-likeness (QED) is 0.804. The van der Waals surface area contributed by atoms with Crippen molar-refractivity contribution in [3.63, 3.8) is 0 Å². The van der Waals surface area contributed by atoms with Crippen LogP contribution in [-0.4, -0.2) is 46.1 Å². The number of ether oxygens (including phenoxy) is 1. The van der Waals surface area contributed by atoms with Gasteiger partial charge in [0, 0.05) is 38.9 Å². The van der Waals surface area contributed by atoms with Crippen molar-refractivity contribution in [2.24, 2.45) is 5.73 Å². The van der Waals surface area contributed by atoms with Gasteiger partial charge in [0.15, 0.2) is 4.90 Å². The molecule has 0 aliphatic heterocycles. The Balaban J connectivity index is 3.26. The molecule has 0 fully saturated rings. The molecule has 0 atom stereocenters. The normalized spacial score (nSPS) is 12.1. The minimum absolute atomic E-state index is 0.0314. The van der Waals surface area contributed by atoms with Gasteiger partial charge in [0.05, 0.1) is 6.61 Å². The average molecular weight is 312 g/mol. The smallest absolute Gasteiger partial charge is 0.249 e. The van der Waals surface area contributed by atoms with Crippen molar-refractivity contribution in [1.82, 2.24) is 4.31 Å². The maximum absolute atomic E-state index is 13.6. The highest BCUT2D eigenvalue weighted by atomic mass is 32.2. The third kappa shape index (κ3) is 3.69. The molecule has 0 aliphatic carbocycles. The Bertz CT molecular complexity index is 543. The zero-order chi connectivity index (χ0) is 15.3. The number of hydrogen-bond acceptors (Lipinski definition) is 4. The molecule has 0 saturated carbocycles. The largest absolute Gasteiger partial charge is 0.383 e. The highest BCUT2D eigenvalue weighted by Crippen LogP contribution is 2.23. The minimum Gasteiger partial charge on any atom is -0.383 e. The standard InChI is InChI=1S/C11H15F3N2O3S/c1-19-5-4-16(3-2-15)20(17,18)11-9(13)6-8(12)7-10(11)14/h6-7H,2-5,15H2,1H3. The van der Waals surface area contributed by atoms with Gasteiger partial charge >= 0.3 is 0 Å². The van der Waals surface area contributed by atoms with Gasteiger partial charge in [0.2, 0.25) is 10.0 Å². The molecule has 1 rings (SSSR count). The summed E-state index contributed by atoms with van der Waals surface area (Å²) in [6.07, 6.45) is 0. The van der Waals surface area contributed by atoms with Crippen molar-refractivity contribution in [2.45, 2.75) is 4.90 Å². The highest BCUT2D eigenvalue weighted by Gasteiger charge is 2.30. The van der Waals surface area contributed by atoms with E-state index in [0.717, 1.165) is 4.31 Å². The third-order valence-electron chi connectivity index (χ3n) is 2.48. The molecule has 0 unspecified atom stereocenters. The molecular formula is C11H15F3N2O3S. The molecule has 0 radical (unpaired) electrons. The minimum atomic E-state index is -4.46. The van der Waals surface area contributed by atoms with Crippen LogP contribution in [0, 0.1) is 17.5 Å². The van der Waals surface area contributed by atoms with E-state index in [-0.39, 0.29) is 26.2 Å². The van der Waals surface area contributed by atoms with E-state index in [1.165, 1.54) is 7.11 Å². The van der Waals surface area contributed by atoms with Gasteiger partial charge in [-0.25, -0.2) is 21.6 Å². The number of nitrogens with two attached hydrogens (primary N) is 1. The first kappa shape index (κ1) is 16.9. The molecule has 0 heterocycles. The Morgan fingerprint density at radius 1 is 1.20 bits per heavy atom.